The van der Waals surface area contributed by atoms with E-state index < -0.39 is 0 Å². The molecule has 0 spiro atoms. The fourth-order valence-corrected chi connectivity index (χ4v) is 4.58. The van der Waals surface area contributed by atoms with Gasteiger partial charge in [-0.25, -0.2) is 4.98 Å². The first-order valence-electron chi connectivity index (χ1n) is 9.68. The zero-order chi connectivity index (χ0) is 21.3. The lowest BCUT2D eigenvalue weighted by molar-refractivity contribution is 0.102. The lowest BCUT2D eigenvalue weighted by atomic mass is 9.89. The average Bonchev–Trinajstić information content (AvgIpc) is 3.18. The minimum absolute atomic E-state index is 0.0568. The Morgan fingerprint density at radius 2 is 2.00 bits per heavy atom. The van der Waals surface area contributed by atoms with Crippen LogP contribution in [0.25, 0.3) is 11.3 Å². The summed E-state index contributed by atoms with van der Waals surface area (Å²) in [5, 5.41) is 29.5. The number of benzene rings is 1. The highest BCUT2D eigenvalue weighted by molar-refractivity contribution is 8.00. The van der Waals surface area contributed by atoms with Crippen LogP contribution in [0.1, 0.15) is 45.8 Å². The number of fused-ring (bicyclic) bond motifs is 1. The Morgan fingerprint density at radius 3 is 2.70 bits per heavy atom. The van der Waals surface area contributed by atoms with Crippen molar-refractivity contribution in [2.45, 2.75) is 37.6 Å². The summed E-state index contributed by atoms with van der Waals surface area (Å²) >= 11 is 1.20. The van der Waals surface area contributed by atoms with Gasteiger partial charge in [-0.2, -0.15) is 5.26 Å². The van der Waals surface area contributed by atoms with Gasteiger partial charge in [0.25, 0.3) is 0 Å². The molecule has 0 saturated carbocycles. The Hall–Kier alpha value is -3.24. The first-order chi connectivity index (χ1) is 14.5. The number of Topliss-reactive ketones (excluding diaryl/α,β-unsaturated/α-hetero) is 1. The Kier molecular flexibility index (Phi) is 5.51. The third kappa shape index (κ3) is 3.79. The van der Waals surface area contributed by atoms with Crippen molar-refractivity contribution >= 4 is 17.5 Å². The predicted octanol–water partition coefficient (Wildman–Crippen LogP) is 4.79. The molecule has 0 aliphatic heterocycles. The van der Waals surface area contributed by atoms with Gasteiger partial charge in [0, 0.05) is 16.8 Å². The number of pyridine rings is 1. The van der Waals surface area contributed by atoms with E-state index >= 15 is 0 Å². The number of aryl methyl sites for hydroxylation is 2. The smallest absolute Gasteiger partial charge is 0.173 e. The van der Waals surface area contributed by atoms with Crippen molar-refractivity contribution in [3.05, 3.63) is 58.5 Å². The third-order valence-electron chi connectivity index (χ3n) is 5.18. The van der Waals surface area contributed by atoms with Gasteiger partial charge in [-0.05, 0) is 68.5 Å². The number of nitrogens with zero attached hydrogens (tertiary/aromatic N) is 2. The molecule has 4 rings (SSSR count). The first kappa shape index (κ1) is 20.0. The minimum atomic E-state index is -0.342. The first-order valence-corrected chi connectivity index (χ1v) is 10.7. The number of hydrogen-bond acceptors (Lipinski definition) is 7. The van der Waals surface area contributed by atoms with Crippen LogP contribution in [0, 0.1) is 18.3 Å². The summed E-state index contributed by atoms with van der Waals surface area (Å²) in [5.41, 5.74) is 3.52. The Balaban J connectivity index is 1.70. The lowest BCUT2D eigenvalue weighted by Crippen LogP contribution is -2.11. The van der Waals surface area contributed by atoms with E-state index in [2.05, 4.69) is 6.07 Å². The summed E-state index contributed by atoms with van der Waals surface area (Å²) < 4.78 is 5.85. The van der Waals surface area contributed by atoms with Crippen LogP contribution in [0.15, 0.2) is 39.8 Å². The molecule has 1 aliphatic rings. The molecule has 6 nitrogen and oxygen atoms in total. The van der Waals surface area contributed by atoms with Crippen LogP contribution in [-0.2, 0) is 12.8 Å². The number of phenols is 2. The van der Waals surface area contributed by atoms with Crippen molar-refractivity contribution in [2.24, 2.45) is 0 Å². The second kappa shape index (κ2) is 8.25. The number of thioether (sulfide) groups is 1. The molecule has 1 aliphatic carbocycles. The average molecular weight is 420 g/mol. The number of phenolic OH excluding ortho intramolecular Hbond substituents is 2. The van der Waals surface area contributed by atoms with Crippen molar-refractivity contribution < 1.29 is 19.4 Å². The molecular weight excluding hydrogens is 400 g/mol. The standard InChI is InChI=1S/C23H20N2O4S/c1-13-6-9-21(29-13)22-15-4-2-3-5-17(15)25-23(16(22)11-24)30-12-20(28)14-7-8-18(26)19(27)10-14/h6-10,26-27H,2-5,12H2,1H3. The normalized spacial score (nSPS) is 12.9. The maximum Gasteiger partial charge on any atom is 0.173 e. The number of hydrogen-bond donors (Lipinski definition) is 2. The highest BCUT2D eigenvalue weighted by atomic mass is 32.2. The molecule has 0 bridgehead atoms. The molecule has 7 heteroatoms. The Morgan fingerprint density at radius 1 is 1.20 bits per heavy atom. The number of aromatic nitrogens is 1. The van der Waals surface area contributed by atoms with Crippen LogP contribution in [0.4, 0.5) is 0 Å². The number of carbonyl (C=O) groups excluding carboxylic acids is 1. The maximum atomic E-state index is 12.6. The van der Waals surface area contributed by atoms with E-state index in [0.29, 0.717) is 16.3 Å². The number of ketones is 1. The van der Waals surface area contributed by atoms with Crippen LogP contribution in [0.2, 0.25) is 0 Å². The number of aromatic hydroxyl groups is 2. The molecule has 152 valence electrons. The van der Waals surface area contributed by atoms with Crippen molar-refractivity contribution in [3.8, 4) is 28.9 Å². The second-order valence-corrected chi connectivity index (χ2v) is 8.20. The molecule has 0 radical (unpaired) electrons. The Bertz CT molecular complexity index is 1180. The molecule has 3 aromatic rings. The molecule has 0 unspecified atom stereocenters. The molecule has 2 heterocycles. The number of furan rings is 1. The summed E-state index contributed by atoms with van der Waals surface area (Å²) in [5.74, 6) is 0.634. The van der Waals surface area contributed by atoms with Gasteiger partial charge in [0.2, 0.25) is 0 Å². The quantitative estimate of drug-likeness (QED) is 0.347. The van der Waals surface area contributed by atoms with Crippen LogP contribution in [0.5, 0.6) is 11.5 Å². The van der Waals surface area contributed by atoms with Crippen LogP contribution < -0.4 is 0 Å². The van der Waals surface area contributed by atoms with Crippen molar-refractivity contribution in [1.82, 2.24) is 4.98 Å². The highest BCUT2D eigenvalue weighted by Gasteiger charge is 2.25. The van der Waals surface area contributed by atoms with E-state index in [1.165, 1.54) is 30.0 Å². The van der Waals surface area contributed by atoms with E-state index in [-0.39, 0.29) is 28.6 Å². The van der Waals surface area contributed by atoms with Crippen molar-refractivity contribution in [2.75, 3.05) is 5.75 Å². The van der Waals surface area contributed by atoms with Gasteiger partial charge in [-0.1, -0.05) is 11.8 Å². The van der Waals surface area contributed by atoms with Gasteiger partial charge in [0.15, 0.2) is 17.3 Å². The molecule has 0 amide bonds. The summed E-state index contributed by atoms with van der Waals surface area (Å²) in [6.45, 7) is 1.87. The van der Waals surface area contributed by atoms with Gasteiger partial charge < -0.3 is 14.6 Å². The van der Waals surface area contributed by atoms with E-state index in [1.807, 2.05) is 19.1 Å². The van der Waals surface area contributed by atoms with E-state index in [0.717, 1.165) is 48.3 Å². The van der Waals surface area contributed by atoms with Gasteiger partial charge in [-0.15, -0.1) is 0 Å². The summed E-state index contributed by atoms with van der Waals surface area (Å²) in [4.78, 5) is 17.3. The predicted molar refractivity (Wildman–Crippen MR) is 113 cm³/mol. The minimum Gasteiger partial charge on any atom is -0.504 e. The number of rotatable bonds is 5. The van der Waals surface area contributed by atoms with Crippen molar-refractivity contribution in [1.29, 1.82) is 5.26 Å². The molecule has 1 aromatic carbocycles. The van der Waals surface area contributed by atoms with Crippen LogP contribution in [-0.4, -0.2) is 26.7 Å². The largest absolute Gasteiger partial charge is 0.504 e. The van der Waals surface area contributed by atoms with Crippen LogP contribution >= 0.6 is 11.8 Å². The molecule has 30 heavy (non-hydrogen) atoms. The molecule has 2 N–H and O–H groups in total. The second-order valence-electron chi connectivity index (χ2n) is 7.24. The third-order valence-corrected chi connectivity index (χ3v) is 6.15. The zero-order valence-corrected chi connectivity index (χ0v) is 17.3. The highest BCUT2D eigenvalue weighted by Crippen LogP contribution is 2.38. The van der Waals surface area contributed by atoms with E-state index in [1.54, 1.807) is 0 Å². The summed E-state index contributed by atoms with van der Waals surface area (Å²) in [7, 11) is 0. The van der Waals surface area contributed by atoms with Crippen molar-refractivity contribution in [3.63, 3.8) is 0 Å². The van der Waals surface area contributed by atoms with Gasteiger partial charge in [-0.3, -0.25) is 4.79 Å². The molecule has 0 atom stereocenters. The maximum absolute atomic E-state index is 12.6. The SMILES string of the molecule is Cc1ccc(-c2c(C#N)c(SCC(=O)c3ccc(O)c(O)c3)nc3c2CCCC3)o1. The lowest BCUT2D eigenvalue weighted by Gasteiger charge is -2.20. The monoisotopic (exact) mass is 420 g/mol. The molecular formula is C23H20N2O4S. The van der Waals surface area contributed by atoms with Gasteiger partial charge in [0.05, 0.1) is 11.3 Å². The number of carbonyl (C=O) groups is 1. The van der Waals surface area contributed by atoms with Gasteiger partial charge in [0.1, 0.15) is 22.6 Å². The molecule has 0 fully saturated rings. The fraction of sp³-hybridized carbons (Fsp3) is 0.261. The summed E-state index contributed by atoms with van der Waals surface area (Å²) in [6.07, 6.45) is 3.77. The molecule has 2 aromatic heterocycles. The number of nitriles is 1. The zero-order valence-electron chi connectivity index (χ0n) is 16.4. The van der Waals surface area contributed by atoms with Gasteiger partial charge >= 0.3 is 0 Å². The molecule has 0 saturated heterocycles. The van der Waals surface area contributed by atoms with E-state index in [9.17, 15) is 20.3 Å². The summed E-state index contributed by atoms with van der Waals surface area (Å²) in [6, 6.07) is 10.00. The van der Waals surface area contributed by atoms with E-state index in [4.69, 9.17) is 9.40 Å². The Labute approximate surface area is 178 Å². The fourth-order valence-electron chi connectivity index (χ4n) is 3.68. The van der Waals surface area contributed by atoms with Crippen LogP contribution in [0.3, 0.4) is 0 Å². The topological polar surface area (TPSA) is 107 Å².